The fraction of sp³-hybridized carbons (Fsp3) is 0.538. The Morgan fingerprint density at radius 1 is 1.39 bits per heavy atom. The van der Waals surface area contributed by atoms with Crippen molar-refractivity contribution in [3.8, 4) is 11.3 Å². The number of nitrogens with two attached hydrogens (primary N) is 1. The summed E-state index contributed by atoms with van der Waals surface area (Å²) in [4.78, 5) is 7.81. The molecule has 5 nitrogen and oxygen atoms in total. The van der Waals surface area contributed by atoms with Crippen molar-refractivity contribution < 1.29 is 0 Å². The van der Waals surface area contributed by atoms with E-state index in [1.54, 1.807) is 4.68 Å². The van der Waals surface area contributed by atoms with Crippen LogP contribution in [-0.2, 0) is 7.05 Å². The zero-order valence-electron chi connectivity index (χ0n) is 11.2. The fourth-order valence-corrected chi connectivity index (χ4v) is 2.14. The Bertz CT molecular complexity index is 497. The zero-order chi connectivity index (χ0) is 13.1. The van der Waals surface area contributed by atoms with Gasteiger partial charge < -0.3 is 10.7 Å². The second-order valence-corrected chi connectivity index (χ2v) is 5.15. The number of imidazole rings is 1. The van der Waals surface area contributed by atoms with E-state index in [0.717, 1.165) is 23.5 Å². The lowest BCUT2D eigenvalue weighted by atomic mass is 9.97. The van der Waals surface area contributed by atoms with Gasteiger partial charge in [0.25, 0.3) is 0 Å². The third kappa shape index (κ3) is 2.79. The molecule has 0 aromatic carbocycles. The first-order valence-electron chi connectivity index (χ1n) is 6.34. The van der Waals surface area contributed by atoms with E-state index in [4.69, 9.17) is 5.73 Å². The molecule has 0 aliphatic heterocycles. The lowest BCUT2D eigenvalue weighted by Gasteiger charge is -2.14. The van der Waals surface area contributed by atoms with Gasteiger partial charge >= 0.3 is 0 Å². The third-order valence-electron chi connectivity index (χ3n) is 3.04. The molecule has 5 heteroatoms. The summed E-state index contributed by atoms with van der Waals surface area (Å²) in [6.45, 7) is 5.03. The van der Waals surface area contributed by atoms with Crippen molar-refractivity contribution in [1.82, 2.24) is 19.7 Å². The molecule has 0 bridgehead atoms. The summed E-state index contributed by atoms with van der Waals surface area (Å²) in [7, 11) is 1.90. The number of hydrogen-bond acceptors (Lipinski definition) is 3. The average molecular weight is 247 g/mol. The Morgan fingerprint density at radius 3 is 2.72 bits per heavy atom. The Kier molecular flexibility index (Phi) is 3.81. The largest absolute Gasteiger partial charge is 0.342 e. The van der Waals surface area contributed by atoms with E-state index in [1.807, 2.05) is 25.6 Å². The first kappa shape index (κ1) is 12.8. The highest BCUT2D eigenvalue weighted by atomic mass is 15.2. The van der Waals surface area contributed by atoms with Gasteiger partial charge in [0.1, 0.15) is 5.82 Å². The third-order valence-corrected chi connectivity index (χ3v) is 3.04. The molecule has 98 valence electrons. The predicted octanol–water partition coefficient (Wildman–Crippen LogP) is 1.90. The average Bonchev–Trinajstić information content (AvgIpc) is 2.93. The van der Waals surface area contributed by atoms with Crippen LogP contribution in [-0.4, -0.2) is 26.3 Å². The highest BCUT2D eigenvalue weighted by Gasteiger charge is 2.15. The van der Waals surface area contributed by atoms with E-state index in [-0.39, 0.29) is 0 Å². The Morgan fingerprint density at radius 2 is 2.17 bits per heavy atom. The molecule has 0 aliphatic carbocycles. The van der Waals surface area contributed by atoms with Crippen molar-refractivity contribution in [2.24, 2.45) is 18.7 Å². The standard InChI is InChI=1S/C13H21N5/c1-9(2)4-10(5-14)13-15-7-12(17-13)11-6-16-18(3)8-11/h6-10H,4-5,14H2,1-3H3,(H,15,17). The van der Waals surface area contributed by atoms with Gasteiger partial charge in [-0.1, -0.05) is 13.8 Å². The lowest BCUT2D eigenvalue weighted by molar-refractivity contribution is 0.490. The first-order chi connectivity index (χ1) is 8.60. The van der Waals surface area contributed by atoms with Crippen molar-refractivity contribution in [3.63, 3.8) is 0 Å². The Labute approximate surface area is 107 Å². The molecule has 1 atom stereocenters. The maximum atomic E-state index is 5.83. The summed E-state index contributed by atoms with van der Waals surface area (Å²) in [5.41, 5.74) is 7.88. The van der Waals surface area contributed by atoms with Crippen LogP contribution >= 0.6 is 0 Å². The number of aromatic amines is 1. The molecule has 2 aromatic heterocycles. The molecule has 0 amide bonds. The number of hydrogen-bond donors (Lipinski definition) is 2. The molecule has 0 radical (unpaired) electrons. The maximum Gasteiger partial charge on any atom is 0.110 e. The molecule has 0 saturated heterocycles. The van der Waals surface area contributed by atoms with Gasteiger partial charge in [-0.25, -0.2) is 4.98 Å². The van der Waals surface area contributed by atoms with E-state index in [9.17, 15) is 0 Å². The molecule has 2 rings (SSSR count). The SMILES string of the molecule is CC(C)CC(CN)c1ncc(-c2cnn(C)c2)[nH]1. The minimum absolute atomic E-state index is 0.301. The van der Waals surface area contributed by atoms with Crippen LogP contribution in [0.25, 0.3) is 11.3 Å². The summed E-state index contributed by atoms with van der Waals surface area (Å²) in [5, 5.41) is 4.16. The zero-order valence-corrected chi connectivity index (χ0v) is 11.2. The van der Waals surface area contributed by atoms with Crippen LogP contribution in [0.5, 0.6) is 0 Å². The summed E-state index contributed by atoms with van der Waals surface area (Å²) < 4.78 is 1.78. The van der Waals surface area contributed by atoms with Crippen LogP contribution < -0.4 is 5.73 Å². The van der Waals surface area contributed by atoms with Crippen molar-refractivity contribution in [2.45, 2.75) is 26.2 Å². The van der Waals surface area contributed by atoms with Crippen LogP contribution in [0.15, 0.2) is 18.6 Å². The first-order valence-corrected chi connectivity index (χ1v) is 6.34. The highest BCUT2D eigenvalue weighted by Crippen LogP contribution is 2.23. The van der Waals surface area contributed by atoms with E-state index in [0.29, 0.717) is 18.4 Å². The van der Waals surface area contributed by atoms with Crippen molar-refractivity contribution >= 4 is 0 Å². The summed E-state index contributed by atoms with van der Waals surface area (Å²) in [6, 6.07) is 0. The Balaban J connectivity index is 2.18. The van der Waals surface area contributed by atoms with Gasteiger partial charge in [0.2, 0.25) is 0 Å². The molecular formula is C13H21N5. The summed E-state index contributed by atoms with van der Waals surface area (Å²) >= 11 is 0. The molecular weight excluding hydrogens is 226 g/mol. The highest BCUT2D eigenvalue weighted by molar-refractivity contribution is 5.56. The van der Waals surface area contributed by atoms with Gasteiger partial charge in [-0.15, -0.1) is 0 Å². The molecule has 0 saturated carbocycles. The maximum absolute atomic E-state index is 5.83. The van der Waals surface area contributed by atoms with Gasteiger partial charge in [0.05, 0.1) is 18.1 Å². The lowest BCUT2D eigenvalue weighted by Crippen LogP contribution is -2.15. The van der Waals surface area contributed by atoms with E-state index in [1.165, 1.54) is 0 Å². The molecule has 2 heterocycles. The number of nitrogens with one attached hydrogen (secondary N) is 1. The molecule has 0 spiro atoms. The monoisotopic (exact) mass is 247 g/mol. The Hall–Kier alpha value is -1.62. The van der Waals surface area contributed by atoms with Gasteiger partial charge in [-0.3, -0.25) is 4.68 Å². The van der Waals surface area contributed by atoms with Crippen molar-refractivity contribution in [3.05, 3.63) is 24.4 Å². The number of H-pyrrole nitrogens is 1. The van der Waals surface area contributed by atoms with Crippen LogP contribution in [0.4, 0.5) is 0 Å². The second-order valence-electron chi connectivity index (χ2n) is 5.15. The van der Waals surface area contributed by atoms with Crippen LogP contribution in [0, 0.1) is 5.92 Å². The van der Waals surface area contributed by atoms with Gasteiger partial charge in [0, 0.05) is 31.3 Å². The number of aromatic nitrogens is 4. The number of aryl methyl sites for hydroxylation is 1. The normalized spacial score (nSPS) is 13.2. The van der Waals surface area contributed by atoms with E-state index < -0.39 is 0 Å². The molecule has 2 aromatic rings. The molecule has 1 unspecified atom stereocenters. The smallest absolute Gasteiger partial charge is 0.110 e. The van der Waals surface area contributed by atoms with E-state index in [2.05, 4.69) is 28.9 Å². The fourth-order valence-electron chi connectivity index (χ4n) is 2.14. The van der Waals surface area contributed by atoms with Gasteiger partial charge in [-0.05, 0) is 12.3 Å². The summed E-state index contributed by atoms with van der Waals surface area (Å²) in [5.74, 6) is 1.89. The van der Waals surface area contributed by atoms with Crippen molar-refractivity contribution in [2.75, 3.05) is 6.54 Å². The van der Waals surface area contributed by atoms with Crippen LogP contribution in [0.2, 0.25) is 0 Å². The van der Waals surface area contributed by atoms with Gasteiger partial charge in [0.15, 0.2) is 0 Å². The minimum Gasteiger partial charge on any atom is -0.342 e. The second kappa shape index (κ2) is 5.35. The topological polar surface area (TPSA) is 72.5 Å². The van der Waals surface area contributed by atoms with Gasteiger partial charge in [-0.2, -0.15) is 5.10 Å². The number of nitrogens with zero attached hydrogens (tertiary/aromatic N) is 3. The molecule has 0 fully saturated rings. The molecule has 3 N–H and O–H groups in total. The summed E-state index contributed by atoms with van der Waals surface area (Å²) in [6.07, 6.45) is 6.71. The molecule has 18 heavy (non-hydrogen) atoms. The minimum atomic E-state index is 0.301. The van der Waals surface area contributed by atoms with Crippen molar-refractivity contribution in [1.29, 1.82) is 0 Å². The van der Waals surface area contributed by atoms with Crippen LogP contribution in [0.3, 0.4) is 0 Å². The predicted molar refractivity (Wildman–Crippen MR) is 72.0 cm³/mol. The molecule has 0 aliphatic rings. The quantitative estimate of drug-likeness (QED) is 0.847. The van der Waals surface area contributed by atoms with E-state index >= 15 is 0 Å². The number of rotatable bonds is 5. The van der Waals surface area contributed by atoms with Crippen LogP contribution in [0.1, 0.15) is 32.0 Å².